The number of carbonyl (C=O) groups excluding carboxylic acids is 3. The van der Waals surface area contributed by atoms with Gasteiger partial charge in [-0.3, -0.25) is 10.2 Å². The largest absolute Gasteiger partial charge is 0.449 e. The topological polar surface area (TPSA) is 124 Å². The maximum atomic E-state index is 12.4. The molecule has 1 aromatic heterocycles. The van der Waals surface area contributed by atoms with Gasteiger partial charge in [-0.05, 0) is 65.2 Å². The molecule has 0 saturated heterocycles. The van der Waals surface area contributed by atoms with Gasteiger partial charge in [-0.15, -0.1) is 0 Å². The zero-order valence-corrected chi connectivity index (χ0v) is 18.5. The van der Waals surface area contributed by atoms with Crippen LogP contribution in [-0.2, 0) is 22.1 Å². The smallest absolute Gasteiger partial charge is 0.426 e. The standard InChI is InChI=1S/C21H29N5O5/c1-6-30-19(29)25-24-16(27)13-8-9-14-15(12-13)26(5)17(22-14)21(10-7-11-21)23-18(28)31-20(2,3)4/h8-9,12H,6-7,10-11H2,1-5H3,(H,23,28)(H,24,27)(H,25,29). The Kier molecular flexibility index (Phi) is 6.10. The molecular weight excluding hydrogens is 402 g/mol. The molecule has 1 aliphatic rings. The number of alkyl carbamates (subject to hydrolysis) is 1. The van der Waals surface area contributed by atoms with Crippen molar-refractivity contribution in [3.8, 4) is 0 Å². The summed E-state index contributed by atoms with van der Waals surface area (Å²) < 4.78 is 12.0. The zero-order chi connectivity index (χ0) is 22.8. The van der Waals surface area contributed by atoms with Crippen molar-refractivity contribution in [3.05, 3.63) is 29.6 Å². The number of rotatable bonds is 4. The van der Waals surface area contributed by atoms with E-state index in [9.17, 15) is 14.4 Å². The van der Waals surface area contributed by atoms with Crippen LogP contribution in [0.2, 0.25) is 0 Å². The summed E-state index contributed by atoms with van der Waals surface area (Å²) in [6, 6.07) is 5.04. The van der Waals surface area contributed by atoms with Crippen molar-refractivity contribution in [2.75, 3.05) is 6.61 Å². The number of benzene rings is 1. The van der Waals surface area contributed by atoms with E-state index in [0.29, 0.717) is 16.9 Å². The molecule has 1 heterocycles. The molecule has 1 aliphatic carbocycles. The highest BCUT2D eigenvalue weighted by Gasteiger charge is 2.44. The third-order valence-corrected chi connectivity index (χ3v) is 5.07. The SMILES string of the molecule is CCOC(=O)NNC(=O)c1ccc2nc(C3(NC(=O)OC(C)(C)C)CCC3)n(C)c2c1. The van der Waals surface area contributed by atoms with Gasteiger partial charge < -0.3 is 19.4 Å². The number of fused-ring (bicyclic) bond motifs is 1. The van der Waals surface area contributed by atoms with E-state index in [-0.39, 0.29) is 6.61 Å². The molecule has 0 atom stereocenters. The molecule has 3 amide bonds. The molecule has 1 aromatic carbocycles. The predicted octanol–water partition coefficient (Wildman–Crippen LogP) is 2.87. The lowest BCUT2D eigenvalue weighted by Crippen LogP contribution is -2.53. The number of amides is 3. The number of carbonyl (C=O) groups is 3. The van der Waals surface area contributed by atoms with Gasteiger partial charge in [0.2, 0.25) is 0 Å². The first-order valence-electron chi connectivity index (χ1n) is 10.3. The van der Waals surface area contributed by atoms with Gasteiger partial charge in [0.15, 0.2) is 0 Å². The Morgan fingerprint density at radius 3 is 2.45 bits per heavy atom. The van der Waals surface area contributed by atoms with Gasteiger partial charge in [0.1, 0.15) is 17.0 Å². The summed E-state index contributed by atoms with van der Waals surface area (Å²) in [4.78, 5) is 40.9. The van der Waals surface area contributed by atoms with Gasteiger partial charge in [-0.25, -0.2) is 20.0 Å². The van der Waals surface area contributed by atoms with Crippen LogP contribution in [0.4, 0.5) is 9.59 Å². The number of imidazole rings is 1. The van der Waals surface area contributed by atoms with Crippen LogP contribution >= 0.6 is 0 Å². The number of hydrogen-bond donors (Lipinski definition) is 3. The van der Waals surface area contributed by atoms with Crippen molar-refractivity contribution in [2.45, 2.75) is 58.1 Å². The van der Waals surface area contributed by atoms with Crippen molar-refractivity contribution >= 4 is 29.1 Å². The molecule has 3 rings (SSSR count). The summed E-state index contributed by atoms with van der Waals surface area (Å²) in [6.07, 6.45) is 1.25. The fourth-order valence-electron chi connectivity index (χ4n) is 3.54. The number of hydrogen-bond acceptors (Lipinski definition) is 6. The van der Waals surface area contributed by atoms with Crippen LogP contribution in [0.3, 0.4) is 0 Å². The van der Waals surface area contributed by atoms with E-state index in [2.05, 4.69) is 16.2 Å². The summed E-state index contributed by atoms with van der Waals surface area (Å²) in [7, 11) is 1.85. The highest BCUT2D eigenvalue weighted by molar-refractivity contribution is 5.98. The monoisotopic (exact) mass is 431 g/mol. The van der Waals surface area contributed by atoms with Crippen molar-refractivity contribution in [1.29, 1.82) is 0 Å². The molecule has 168 valence electrons. The molecule has 0 bridgehead atoms. The van der Waals surface area contributed by atoms with Crippen LogP contribution in [0, 0.1) is 0 Å². The van der Waals surface area contributed by atoms with Gasteiger partial charge in [0.05, 0.1) is 17.6 Å². The summed E-state index contributed by atoms with van der Waals surface area (Å²) in [6.45, 7) is 7.32. The molecular formula is C21H29N5O5. The number of aryl methyl sites for hydroxylation is 1. The average molecular weight is 431 g/mol. The first kappa shape index (κ1) is 22.4. The minimum absolute atomic E-state index is 0.199. The van der Waals surface area contributed by atoms with Crippen molar-refractivity contribution in [1.82, 2.24) is 25.7 Å². The second-order valence-electron chi connectivity index (χ2n) is 8.56. The van der Waals surface area contributed by atoms with Crippen molar-refractivity contribution in [2.24, 2.45) is 7.05 Å². The third kappa shape index (κ3) is 4.89. The Morgan fingerprint density at radius 2 is 1.87 bits per heavy atom. The summed E-state index contributed by atoms with van der Waals surface area (Å²) in [5.74, 6) is 0.227. The van der Waals surface area contributed by atoms with Gasteiger partial charge in [0, 0.05) is 12.6 Å². The molecule has 3 N–H and O–H groups in total. The lowest BCUT2D eigenvalue weighted by molar-refractivity contribution is 0.0361. The van der Waals surface area contributed by atoms with Crippen LogP contribution < -0.4 is 16.2 Å². The first-order valence-corrected chi connectivity index (χ1v) is 10.3. The van der Waals surface area contributed by atoms with Crippen molar-refractivity contribution < 1.29 is 23.9 Å². The molecule has 1 fully saturated rings. The third-order valence-electron chi connectivity index (χ3n) is 5.07. The molecule has 31 heavy (non-hydrogen) atoms. The number of nitrogens with one attached hydrogen (secondary N) is 3. The Bertz CT molecular complexity index is 1000. The average Bonchev–Trinajstić information content (AvgIpc) is 2.98. The maximum absolute atomic E-state index is 12.4. The van der Waals surface area contributed by atoms with Crippen molar-refractivity contribution in [3.63, 3.8) is 0 Å². The maximum Gasteiger partial charge on any atom is 0.426 e. The Balaban J connectivity index is 1.83. The second-order valence-corrected chi connectivity index (χ2v) is 8.56. The minimum atomic E-state index is -0.736. The normalized spacial score (nSPS) is 15.0. The second kappa shape index (κ2) is 8.44. The molecule has 0 spiro atoms. The van der Waals surface area contributed by atoms with Crippen LogP contribution in [0.1, 0.15) is 63.1 Å². The van der Waals surface area contributed by atoms with Gasteiger partial charge >= 0.3 is 12.2 Å². The van der Waals surface area contributed by atoms with Crippen LogP contribution in [0.25, 0.3) is 11.0 Å². The Hall–Kier alpha value is -3.30. The van der Waals surface area contributed by atoms with E-state index < -0.39 is 29.2 Å². The van der Waals surface area contributed by atoms with Gasteiger partial charge in [0.25, 0.3) is 5.91 Å². The number of nitrogens with zero attached hydrogens (tertiary/aromatic N) is 2. The summed E-state index contributed by atoms with van der Waals surface area (Å²) in [5, 5.41) is 3.00. The zero-order valence-electron chi connectivity index (χ0n) is 18.5. The van der Waals surface area contributed by atoms with E-state index in [1.165, 1.54) is 0 Å². The lowest BCUT2D eigenvalue weighted by atomic mass is 9.76. The molecule has 1 saturated carbocycles. The summed E-state index contributed by atoms with van der Waals surface area (Å²) >= 11 is 0. The number of aromatic nitrogens is 2. The van der Waals surface area contributed by atoms with Crippen LogP contribution in [-0.4, -0.2) is 39.9 Å². The Morgan fingerprint density at radius 1 is 1.16 bits per heavy atom. The van der Waals surface area contributed by atoms with Crippen LogP contribution in [0.15, 0.2) is 18.2 Å². The van der Waals surface area contributed by atoms with E-state index >= 15 is 0 Å². The van der Waals surface area contributed by atoms with E-state index in [1.54, 1.807) is 25.1 Å². The molecule has 0 radical (unpaired) electrons. The first-order chi connectivity index (χ1) is 14.5. The molecule has 10 heteroatoms. The number of ether oxygens (including phenoxy) is 2. The van der Waals surface area contributed by atoms with Crippen LogP contribution in [0.5, 0.6) is 0 Å². The van der Waals surface area contributed by atoms with E-state index in [4.69, 9.17) is 14.5 Å². The highest BCUT2D eigenvalue weighted by atomic mass is 16.6. The molecule has 10 nitrogen and oxygen atoms in total. The quantitative estimate of drug-likeness (QED) is 0.640. The fourth-order valence-corrected chi connectivity index (χ4v) is 3.54. The minimum Gasteiger partial charge on any atom is -0.449 e. The molecule has 0 unspecified atom stereocenters. The fraction of sp³-hybridized carbons (Fsp3) is 0.524. The molecule has 0 aliphatic heterocycles. The highest BCUT2D eigenvalue weighted by Crippen LogP contribution is 2.41. The predicted molar refractivity (Wildman–Crippen MR) is 113 cm³/mol. The van der Waals surface area contributed by atoms with Gasteiger partial charge in [-0.1, -0.05) is 0 Å². The number of hydrazine groups is 1. The summed E-state index contributed by atoms with van der Waals surface area (Å²) in [5.41, 5.74) is 5.07. The van der Waals surface area contributed by atoms with E-state index in [0.717, 1.165) is 24.8 Å². The molecule has 2 aromatic rings. The van der Waals surface area contributed by atoms with E-state index in [1.807, 2.05) is 32.4 Å². The Labute approximate surface area is 180 Å². The van der Waals surface area contributed by atoms with Gasteiger partial charge in [-0.2, -0.15) is 0 Å². The lowest BCUT2D eigenvalue weighted by Gasteiger charge is -2.41.